The number of allylic oxidation sites excluding steroid dienone is 3. The Balaban J connectivity index is 1.97. The lowest BCUT2D eigenvalue weighted by Gasteiger charge is -2.40. The summed E-state index contributed by atoms with van der Waals surface area (Å²) >= 11 is 6.61. The minimum atomic E-state index is -1.36. The largest absolute Gasteiger partial charge is 0.495 e. The number of halogens is 1. The van der Waals surface area contributed by atoms with Crippen LogP contribution in [0.4, 0.5) is 10.5 Å². The van der Waals surface area contributed by atoms with E-state index in [1.807, 2.05) is 37.3 Å². The Bertz CT molecular complexity index is 1050. The van der Waals surface area contributed by atoms with E-state index in [1.165, 1.54) is 0 Å². The molecule has 0 aromatic heterocycles. The van der Waals surface area contributed by atoms with Crippen molar-refractivity contribution in [1.82, 2.24) is 5.32 Å². The van der Waals surface area contributed by atoms with Crippen LogP contribution in [-0.2, 0) is 16.0 Å². The molecule has 2 unspecified atom stereocenters. The van der Waals surface area contributed by atoms with Crippen molar-refractivity contribution >= 4 is 29.3 Å². The lowest BCUT2D eigenvalue weighted by molar-refractivity contribution is -0.119. The average Bonchev–Trinajstić information content (AvgIpc) is 2.79. The molecule has 0 spiro atoms. The monoisotopic (exact) mass is 518 g/mol. The Morgan fingerprint density at radius 2 is 2.00 bits per heavy atom. The van der Waals surface area contributed by atoms with E-state index in [9.17, 15) is 14.7 Å². The summed E-state index contributed by atoms with van der Waals surface area (Å²) in [6.07, 6.45) is 7.50. The number of methoxy groups -OCH3 is 1. The molecule has 0 saturated carbocycles. The fraction of sp³-hybridized carbons (Fsp3) is 0.571. The average molecular weight is 519 g/mol. The first-order chi connectivity index (χ1) is 16.8. The van der Waals surface area contributed by atoms with Gasteiger partial charge >= 0.3 is 6.09 Å². The summed E-state index contributed by atoms with van der Waals surface area (Å²) in [6, 6.07) is 3.82. The highest BCUT2D eigenvalue weighted by molar-refractivity contribution is 6.35. The number of ether oxygens (including phenoxy) is 2. The summed E-state index contributed by atoms with van der Waals surface area (Å²) in [5.41, 5.74) is 1.11. The zero-order chi connectivity index (χ0) is 26.7. The number of hydrogen-bond donors (Lipinski definition) is 2. The van der Waals surface area contributed by atoms with Gasteiger partial charge in [0.05, 0.1) is 12.8 Å². The van der Waals surface area contributed by atoms with Gasteiger partial charge in [0.25, 0.3) is 0 Å². The maximum absolute atomic E-state index is 13.2. The van der Waals surface area contributed by atoms with Crippen LogP contribution in [-0.4, -0.2) is 43.1 Å². The molecule has 2 aliphatic rings. The van der Waals surface area contributed by atoms with Crippen molar-refractivity contribution in [3.05, 3.63) is 46.5 Å². The molecular weight excluding hydrogens is 480 g/mol. The fourth-order valence-corrected chi connectivity index (χ4v) is 5.12. The molecule has 198 valence electrons. The molecule has 36 heavy (non-hydrogen) atoms. The van der Waals surface area contributed by atoms with Gasteiger partial charge in [0.15, 0.2) is 0 Å². The van der Waals surface area contributed by atoms with Crippen molar-refractivity contribution in [2.45, 2.75) is 78.0 Å². The van der Waals surface area contributed by atoms with Gasteiger partial charge in [0.1, 0.15) is 22.6 Å². The Morgan fingerprint density at radius 1 is 1.28 bits per heavy atom. The van der Waals surface area contributed by atoms with Crippen LogP contribution in [0.2, 0.25) is 5.02 Å². The molecule has 2 heterocycles. The summed E-state index contributed by atoms with van der Waals surface area (Å²) in [4.78, 5) is 27.0. The molecule has 3 rings (SSSR count). The second-order valence-corrected chi connectivity index (χ2v) is 11.3. The van der Waals surface area contributed by atoms with Crippen molar-refractivity contribution in [3.8, 4) is 5.75 Å². The number of amides is 2. The molecule has 2 amide bonds. The zero-order valence-corrected chi connectivity index (χ0v) is 22.9. The number of rotatable bonds is 1. The number of fused-ring (bicyclic) bond motifs is 4. The number of nitrogens with one attached hydrogen (secondary N) is 1. The lowest BCUT2D eigenvalue weighted by atomic mass is 9.73. The molecule has 1 fully saturated rings. The molecule has 1 aromatic rings. The number of aliphatic hydroxyl groups is 1. The molecule has 2 aliphatic heterocycles. The van der Waals surface area contributed by atoms with Crippen molar-refractivity contribution in [1.29, 1.82) is 0 Å². The molecule has 1 aromatic carbocycles. The number of hydrogen-bond acceptors (Lipinski definition) is 5. The van der Waals surface area contributed by atoms with Gasteiger partial charge < -0.3 is 19.5 Å². The van der Waals surface area contributed by atoms with E-state index in [0.29, 0.717) is 48.6 Å². The maximum Gasteiger partial charge on any atom is 0.409 e. The quantitative estimate of drug-likeness (QED) is 0.492. The van der Waals surface area contributed by atoms with Gasteiger partial charge in [-0.15, -0.1) is 0 Å². The van der Waals surface area contributed by atoms with Crippen LogP contribution in [0.5, 0.6) is 5.75 Å². The predicted molar refractivity (Wildman–Crippen MR) is 142 cm³/mol. The van der Waals surface area contributed by atoms with Crippen LogP contribution >= 0.6 is 11.6 Å². The van der Waals surface area contributed by atoms with Crippen LogP contribution in [0.1, 0.15) is 65.4 Å². The normalized spacial score (nSPS) is 30.0. The summed E-state index contributed by atoms with van der Waals surface area (Å²) in [5.74, 6) is 0.635. The summed E-state index contributed by atoms with van der Waals surface area (Å²) in [6.45, 7) is 8.35. The topological polar surface area (TPSA) is 88.1 Å². The van der Waals surface area contributed by atoms with E-state index in [1.54, 1.807) is 19.1 Å². The first-order valence-electron chi connectivity index (χ1n) is 12.5. The van der Waals surface area contributed by atoms with Crippen LogP contribution in [0.25, 0.3) is 0 Å². The van der Waals surface area contributed by atoms with Crippen LogP contribution in [0, 0.1) is 11.3 Å². The van der Waals surface area contributed by atoms with E-state index in [2.05, 4.69) is 26.1 Å². The van der Waals surface area contributed by atoms with E-state index in [4.69, 9.17) is 21.1 Å². The van der Waals surface area contributed by atoms with Gasteiger partial charge in [0.2, 0.25) is 5.91 Å². The van der Waals surface area contributed by atoms with Crippen LogP contribution in [0.3, 0.4) is 0 Å². The van der Waals surface area contributed by atoms with E-state index in [0.717, 1.165) is 11.1 Å². The molecule has 0 aliphatic carbocycles. The zero-order valence-electron chi connectivity index (χ0n) is 22.2. The minimum absolute atomic E-state index is 0.0350. The predicted octanol–water partition coefficient (Wildman–Crippen LogP) is 5.78. The standard InChI is InChI=1S/C28H39ClN2O5/c1-18-9-7-8-11-28(34)17-21(36-26(33)30-28)14-19(2)27(3,4)12-10-24(32)31(5)22-15-20(13-18)16-23(35-6)25(22)29/h7-9,15-16,19,21,34H,10-14,17H2,1-6H3,(H,30,33)/b8-7+,18-9+/t19?,21?,28-/m1/s1. The van der Waals surface area contributed by atoms with E-state index < -0.39 is 17.9 Å². The van der Waals surface area contributed by atoms with Crippen LogP contribution < -0.4 is 15.0 Å². The van der Waals surface area contributed by atoms with Gasteiger partial charge in [0, 0.05) is 26.3 Å². The van der Waals surface area contributed by atoms with Crippen molar-refractivity contribution < 1.29 is 24.2 Å². The third-order valence-corrected chi connectivity index (χ3v) is 7.98. The number of alkyl carbamates (subject to hydrolysis) is 1. The Labute approximate surface area is 219 Å². The summed E-state index contributed by atoms with van der Waals surface area (Å²) < 4.78 is 11.0. The van der Waals surface area contributed by atoms with Crippen molar-refractivity contribution in [2.24, 2.45) is 11.3 Å². The van der Waals surface area contributed by atoms with Gasteiger partial charge in [-0.3, -0.25) is 10.1 Å². The van der Waals surface area contributed by atoms with Crippen molar-refractivity contribution in [3.63, 3.8) is 0 Å². The fourth-order valence-electron chi connectivity index (χ4n) is 4.81. The van der Waals surface area contributed by atoms with Gasteiger partial charge in [-0.2, -0.15) is 0 Å². The number of carbonyl (C=O) groups is 2. The van der Waals surface area contributed by atoms with Gasteiger partial charge in [-0.05, 0) is 55.2 Å². The Kier molecular flexibility index (Phi) is 8.78. The second-order valence-electron chi connectivity index (χ2n) is 10.9. The molecule has 8 heteroatoms. The number of anilines is 1. The van der Waals surface area contributed by atoms with E-state index in [-0.39, 0.29) is 23.7 Å². The molecular formula is C28H39ClN2O5. The first-order valence-corrected chi connectivity index (χ1v) is 12.9. The Morgan fingerprint density at radius 3 is 2.69 bits per heavy atom. The SMILES string of the molecule is COc1cc2cc(c1Cl)N(C)C(=O)CCC(C)(C)C(C)CC1C[C@](O)(C/C=C/C=C(\C)C2)NC(=O)O1. The molecule has 2 N–H and O–H groups in total. The molecule has 1 saturated heterocycles. The molecule has 0 radical (unpaired) electrons. The number of carbonyl (C=O) groups excluding carboxylic acids is 2. The van der Waals surface area contributed by atoms with Gasteiger partial charge in [-0.1, -0.05) is 56.2 Å². The summed E-state index contributed by atoms with van der Waals surface area (Å²) in [7, 11) is 3.31. The number of nitrogens with zero attached hydrogens (tertiary/aromatic N) is 1. The highest BCUT2D eigenvalue weighted by atomic mass is 35.5. The minimum Gasteiger partial charge on any atom is -0.495 e. The first kappa shape index (κ1) is 28.1. The smallest absolute Gasteiger partial charge is 0.409 e. The van der Waals surface area contributed by atoms with Gasteiger partial charge in [-0.25, -0.2) is 4.79 Å². The molecule has 7 nitrogen and oxygen atoms in total. The highest BCUT2D eigenvalue weighted by Gasteiger charge is 2.40. The third kappa shape index (κ3) is 6.83. The van der Waals surface area contributed by atoms with Crippen LogP contribution in [0.15, 0.2) is 35.9 Å². The van der Waals surface area contributed by atoms with E-state index >= 15 is 0 Å². The molecule has 4 bridgehead atoms. The Hall–Kier alpha value is -2.51. The van der Waals surface area contributed by atoms with Crippen molar-refractivity contribution in [2.75, 3.05) is 19.1 Å². The highest BCUT2D eigenvalue weighted by Crippen LogP contribution is 2.39. The lowest BCUT2D eigenvalue weighted by Crippen LogP contribution is -2.56. The summed E-state index contributed by atoms with van der Waals surface area (Å²) in [5, 5.41) is 14.1. The second kappa shape index (κ2) is 11.3. The maximum atomic E-state index is 13.2. The third-order valence-electron chi connectivity index (χ3n) is 7.60. The molecule has 3 atom stereocenters. The number of benzene rings is 1.